The summed E-state index contributed by atoms with van der Waals surface area (Å²) >= 11 is 0. The number of carbonyl (C=O) groups is 1. The number of hydrogen-bond donors (Lipinski definition) is 1. The summed E-state index contributed by atoms with van der Waals surface area (Å²) in [5.74, 6) is 0.207. The molecule has 5 heterocycles. The van der Waals surface area contributed by atoms with E-state index in [1.807, 2.05) is 29.6 Å². The molecule has 0 aromatic carbocycles. The molecule has 2 aliphatic heterocycles. The molecule has 1 amide bonds. The lowest BCUT2D eigenvalue weighted by Crippen LogP contribution is -2.52. The van der Waals surface area contributed by atoms with Crippen LogP contribution in [0.4, 0.5) is 5.69 Å². The molecule has 2 fully saturated rings. The SMILES string of the molecule is COCCOC1CCCN(C(=O)CN2CCN(c3cc[nH]c4cnc5nccc5c34)CC2)C1. The van der Waals surface area contributed by atoms with Crippen molar-refractivity contribution < 1.29 is 14.3 Å². The highest BCUT2D eigenvalue weighted by Gasteiger charge is 2.27. The lowest BCUT2D eigenvalue weighted by atomic mass is 10.1. The average molecular weight is 453 g/mol. The Morgan fingerprint density at radius 1 is 1.15 bits per heavy atom. The van der Waals surface area contributed by atoms with Crippen molar-refractivity contribution in [2.75, 3.05) is 71.0 Å². The Labute approximate surface area is 193 Å². The second-order valence-corrected chi connectivity index (χ2v) is 8.82. The van der Waals surface area contributed by atoms with Crippen LogP contribution in [0, 0.1) is 0 Å². The fraction of sp³-hybridized carbons (Fsp3) is 0.542. The molecule has 9 nitrogen and oxygen atoms in total. The highest BCUT2D eigenvalue weighted by atomic mass is 16.5. The third kappa shape index (κ3) is 4.80. The molecule has 5 rings (SSSR count). The number of piperazine rings is 1. The topological polar surface area (TPSA) is 86.8 Å². The molecule has 2 aliphatic rings. The smallest absolute Gasteiger partial charge is 0.236 e. The quantitative estimate of drug-likeness (QED) is 0.548. The maximum atomic E-state index is 13.0. The number of pyridine rings is 2. The number of carbonyl (C=O) groups excluding carboxylic acids is 1. The van der Waals surface area contributed by atoms with Crippen molar-refractivity contribution in [3.05, 3.63) is 30.7 Å². The van der Waals surface area contributed by atoms with E-state index < -0.39 is 0 Å². The van der Waals surface area contributed by atoms with Crippen molar-refractivity contribution in [2.45, 2.75) is 18.9 Å². The maximum absolute atomic E-state index is 13.0. The summed E-state index contributed by atoms with van der Waals surface area (Å²) in [5.41, 5.74) is 2.99. The van der Waals surface area contributed by atoms with Crippen molar-refractivity contribution in [1.29, 1.82) is 0 Å². The molecule has 0 spiro atoms. The number of rotatable bonds is 7. The van der Waals surface area contributed by atoms with Gasteiger partial charge in [-0.25, -0.2) is 9.97 Å². The highest BCUT2D eigenvalue weighted by Crippen LogP contribution is 2.31. The molecule has 176 valence electrons. The maximum Gasteiger partial charge on any atom is 0.236 e. The van der Waals surface area contributed by atoms with E-state index in [2.05, 4.69) is 30.8 Å². The van der Waals surface area contributed by atoms with E-state index in [-0.39, 0.29) is 12.0 Å². The van der Waals surface area contributed by atoms with Gasteiger partial charge in [-0.05, 0) is 25.0 Å². The zero-order valence-electron chi connectivity index (χ0n) is 19.2. The number of amides is 1. The molecule has 2 saturated heterocycles. The van der Waals surface area contributed by atoms with Gasteiger partial charge in [-0.15, -0.1) is 0 Å². The molecule has 0 bridgehead atoms. The number of ether oxygens (including phenoxy) is 2. The van der Waals surface area contributed by atoms with Gasteiger partial charge in [-0.1, -0.05) is 0 Å². The van der Waals surface area contributed by atoms with E-state index in [0.717, 1.165) is 67.5 Å². The van der Waals surface area contributed by atoms with Gasteiger partial charge in [0, 0.05) is 75.2 Å². The first-order chi connectivity index (χ1) is 16.2. The summed E-state index contributed by atoms with van der Waals surface area (Å²) in [4.78, 5) is 31.7. The van der Waals surface area contributed by atoms with Gasteiger partial charge in [0.15, 0.2) is 5.65 Å². The minimum absolute atomic E-state index is 0.120. The Bertz CT molecular complexity index is 1090. The summed E-state index contributed by atoms with van der Waals surface area (Å²) in [6, 6.07) is 4.16. The Morgan fingerprint density at radius 3 is 2.88 bits per heavy atom. The van der Waals surface area contributed by atoms with Crippen LogP contribution in [0.5, 0.6) is 0 Å². The predicted molar refractivity (Wildman–Crippen MR) is 127 cm³/mol. The van der Waals surface area contributed by atoms with E-state index in [1.54, 1.807) is 7.11 Å². The van der Waals surface area contributed by atoms with Crippen molar-refractivity contribution >= 4 is 33.5 Å². The molecular formula is C24H32N6O3. The summed E-state index contributed by atoms with van der Waals surface area (Å²) in [7, 11) is 1.68. The largest absolute Gasteiger partial charge is 0.382 e. The molecule has 1 unspecified atom stereocenters. The van der Waals surface area contributed by atoms with Crippen LogP contribution in [0.3, 0.4) is 0 Å². The molecule has 9 heteroatoms. The second-order valence-electron chi connectivity index (χ2n) is 8.82. The Balaban J connectivity index is 1.19. The average Bonchev–Trinajstić information content (AvgIpc) is 3.34. The molecular weight excluding hydrogens is 420 g/mol. The number of piperidine rings is 1. The lowest BCUT2D eigenvalue weighted by molar-refractivity contribution is -0.136. The molecule has 3 aromatic rings. The van der Waals surface area contributed by atoms with Crippen molar-refractivity contribution in [3.8, 4) is 0 Å². The van der Waals surface area contributed by atoms with E-state index in [4.69, 9.17) is 9.47 Å². The first-order valence-corrected chi connectivity index (χ1v) is 11.8. The normalized spacial score (nSPS) is 20.1. The van der Waals surface area contributed by atoms with Crippen molar-refractivity contribution in [2.24, 2.45) is 0 Å². The highest BCUT2D eigenvalue weighted by molar-refractivity contribution is 6.09. The van der Waals surface area contributed by atoms with Gasteiger partial charge in [-0.3, -0.25) is 9.69 Å². The number of nitrogens with zero attached hydrogens (tertiary/aromatic N) is 5. The number of anilines is 1. The summed E-state index contributed by atoms with van der Waals surface area (Å²) < 4.78 is 10.9. The van der Waals surface area contributed by atoms with E-state index in [1.165, 1.54) is 5.69 Å². The van der Waals surface area contributed by atoms with Crippen LogP contribution >= 0.6 is 0 Å². The zero-order chi connectivity index (χ0) is 22.6. The summed E-state index contributed by atoms with van der Waals surface area (Å²) in [6.07, 6.45) is 7.76. The fourth-order valence-corrected chi connectivity index (χ4v) is 4.94. The van der Waals surface area contributed by atoms with Crippen molar-refractivity contribution in [1.82, 2.24) is 24.8 Å². The number of aromatic nitrogens is 3. The van der Waals surface area contributed by atoms with E-state index >= 15 is 0 Å². The number of methoxy groups -OCH3 is 1. The van der Waals surface area contributed by atoms with Crippen LogP contribution in [-0.2, 0) is 14.3 Å². The van der Waals surface area contributed by atoms with Gasteiger partial charge >= 0.3 is 0 Å². The molecule has 0 saturated carbocycles. The number of aromatic amines is 1. The number of hydrogen-bond acceptors (Lipinski definition) is 7. The number of fused-ring (bicyclic) bond motifs is 3. The molecule has 1 N–H and O–H groups in total. The van der Waals surface area contributed by atoms with E-state index in [0.29, 0.717) is 26.3 Å². The number of nitrogens with one attached hydrogen (secondary N) is 1. The molecule has 1 atom stereocenters. The molecule has 0 radical (unpaired) electrons. The minimum atomic E-state index is 0.120. The monoisotopic (exact) mass is 452 g/mol. The minimum Gasteiger partial charge on any atom is -0.382 e. The molecule has 0 aliphatic carbocycles. The summed E-state index contributed by atoms with van der Waals surface area (Å²) in [5, 5.41) is 2.24. The second kappa shape index (κ2) is 10.0. The first-order valence-electron chi connectivity index (χ1n) is 11.8. The van der Waals surface area contributed by atoms with Gasteiger partial charge in [0.1, 0.15) is 0 Å². The molecule has 3 aromatic heterocycles. The van der Waals surface area contributed by atoms with Crippen LogP contribution in [0.15, 0.2) is 30.7 Å². The fourth-order valence-electron chi connectivity index (χ4n) is 4.94. The van der Waals surface area contributed by atoms with Crippen LogP contribution < -0.4 is 4.90 Å². The van der Waals surface area contributed by atoms with Gasteiger partial charge < -0.3 is 24.3 Å². The third-order valence-electron chi connectivity index (χ3n) is 6.71. The van der Waals surface area contributed by atoms with Gasteiger partial charge in [0.2, 0.25) is 5.91 Å². The Kier molecular flexibility index (Phi) is 6.70. The molecule has 33 heavy (non-hydrogen) atoms. The zero-order valence-corrected chi connectivity index (χ0v) is 19.2. The van der Waals surface area contributed by atoms with E-state index in [9.17, 15) is 4.79 Å². The summed E-state index contributed by atoms with van der Waals surface area (Å²) in [6.45, 7) is 6.65. The van der Waals surface area contributed by atoms with Gasteiger partial charge in [-0.2, -0.15) is 0 Å². The van der Waals surface area contributed by atoms with Crippen molar-refractivity contribution in [3.63, 3.8) is 0 Å². The first kappa shape index (κ1) is 22.1. The predicted octanol–water partition coefficient (Wildman–Crippen LogP) is 1.89. The Hall–Kier alpha value is -2.75. The van der Waals surface area contributed by atoms with Gasteiger partial charge in [0.05, 0.1) is 37.6 Å². The lowest BCUT2D eigenvalue weighted by Gasteiger charge is -2.38. The van der Waals surface area contributed by atoms with Gasteiger partial charge in [0.25, 0.3) is 0 Å². The van der Waals surface area contributed by atoms with Crippen LogP contribution in [-0.4, -0.2) is 103 Å². The van der Waals surface area contributed by atoms with Crippen LogP contribution in [0.25, 0.3) is 21.9 Å². The Morgan fingerprint density at radius 2 is 2.03 bits per heavy atom. The standard InChI is InChI=1S/C24H32N6O3/c1-32-13-14-33-18-3-2-8-30(16-18)22(31)17-28-9-11-29(12-10-28)21-5-7-25-20-15-27-24-19(23(20)21)4-6-26-24/h4-7,15,18,25H,2-3,8-14,16-17H2,1H3. The third-order valence-corrected chi connectivity index (χ3v) is 6.71. The number of H-pyrrole nitrogens is 1. The van der Waals surface area contributed by atoms with Crippen LogP contribution in [0.2, 0.25) is 0 Å². The van der Waals surface area contributed by atoms with Crippen LogP contribution in [0.1, 0.15) is 12.8 Å². The number of likely N-dealkylation sites (tertiary alicyclic amines) is 1.